The fourth-order valence-electron chi connectivity index (χ4n) is 12.8. The van der Waals surface area contributed by atoms with Gasteiger partial charge in [0, 0.05) is 0 Å². The van der Waals surface area contributed by atoms with Crippen LogP contribution in [0.15, 0.2) is 52.4 Å². The molecule has 62 heavy (non-hydrogen) atoms. The second-order valence-corrected chi connectivity index (χ2v) is 20.1. The van der Waals surface area contributed by atoms with Crippen molar-refractivity contribution in [3.8, 4) is 0 Å². The summed E-state index contributed by atoms with van der Waals surface area (Å²) in [6, 6.07) is 17.2. The summed E-state index contributed by atoms with van der Waals surface area (Å²) in [4.78, 5) is 16.3. The molecule has 1 radical (unpaired) electrons. The Morgan fingerprint density at radius 3 is 0.855 bits per heavy atom. The molecule has 0 aliphatic heterocycles. The van der Waals surface area contributed by atoms with Crippen molar-refractivity contribution in [1.82, 2.24) is 4.98 Å². The molecule has 0 unspecified atom stereocenters. The van der Waals surface area contributed by atoms with Crippen LogP contribution in [0.1, 0.15) is 273 Å². The molecule has 6 aliphatic carbocycles. The zero-order chi connectivity index (χ0) is 38.9. The van der Waals surface area contributed by atoms with E-state index in [-0.39, 0.29) is 54.3 Å². The number of aliphatic imine (C=N–C) groups is 2. The topological polar surface area (TPSA) is 37.6 Å². The Morgan fingerprint density at radius 2 is 0.597 bits per heavy atom. The Balaban J connectivity index is 0.00000181. The molecular weight excluding hydrogens is 865 g/mol. The standard InChI is InChI=1S/C55H75N3.3ClH.Fe/c1-7-20-40(21-8-1)46-34-50(42-24-11-3-12-25-42)54(51(35-46)43-26-13-4-14-27-43)56-38-48-32-19-33-49(58-48)39-57-55-52(44-28-15-5-16-29-44)36-47(41-22-9-2-10-23-41)37-53(55)45-30-17-6-18-31-45;;;;/h19,32-45H,1-18,20-31H2;3*1H;/q;;;;+3/p-3. The van der Waals surface area contributed by atoms with E-state index >= 15 is 0 Å². The minimum absolute atomic E-state index is 0. The molecule has 1 aromatic heterocycles. The number of pyridine rings is 1. The molecule has 3 aromatic rings. The predicted octanol–water partition coefficient (Wildman–Crippen LogP) is 7.88. The van der Waals surface area contributed by atoms with Gasteiger partial charge in [-0.3, -0.25) is 9.98 Å². The maximum absolute atomic E-state index is 5.55. The zero-order valence-corrected chi connectivity index (χ0v) is 41.1. The van der Waals surface area contributed by atoms with Gasteiger partial charge in [-0.25, -0.2) is 4.98 Å². The summed E-state index contributed by atoms with van der Waals surface area (Å²) < 4.78 is 0. The quantitative estimate of drug-likeness (QED) is 0.151. The fourth-order valence-corrected chi connectivity index (χ4v) is 12.8. The van der Waals surface area contributed by atoms with E-state index in [0.29, 0.717) is 23.7 Å². The van der Waals surface area contributed by atoms with E-state index in [0.717, 1.165) is 23.2 Å². The zero-order valence-electron chi connectivity index (χ0n) is 37.7. The molecule has 0 amide bonds. The molecule has 7 heteroatoms. The smallest absolute Gasteiger partial charge is 1.00 e. The molecule has 2 aromatic carbocycles. The van der Waals surface area contributed by atoms with Gasteiger partial charge in [-0.05, 0) is 158 Å². The van der Waals surface area contributed by atoms with Crippen LogP contribution in [0, 0.1) is 0 Å². The number of hydrogen-bond donors (Lipinski definition) is 0. The van der Waals surface area contributed by atoms with Crippen molar-refractivity contribution in [2.24, 2.45) is 9.98 Å². The van der Waals surface area contributed by atoms with Gasteiger partial charge < -0.3 is 37.2 Å². The summed E-state index contributed by atoms with van der Waals surface area (Å²) >= 11 is 0. The van der Waals surface area contributed by atoms with E-state index in [9.17, 15) is 0 Å². The van der Waals surface area contributed by atoms with Gasteiger partial charge in [-0.1, -0.05) is 146 Å². The third-order valence-electron chi connectivity index (χ3n) is 16.2. The summed E-state index contributed by atoms with van der Waals surface area (Å²) in [5.74, 6) is 4.02. The Morgan fingerprint density at radius 1 is 0.355 bits per heavy atom. The van der Waals surface area contributed by atoms with Gasteiger partial charge in [0.05, 0.1) is 35.2 Å². The van der Waals surface area contributed by atoms with Crippen molar-refractivity contribution in [2.45, 2.75) is 228 Å². The molecule has 6 fully saturated rings. The van der Waals surface area contributed by atoms with E-state index in [1.165, 1.54) is 204 Å². The molecule has 339 valence electrons. The van der Waals surface area contributed by atoms with Crippen molar-refractivity contribution < 1.29 is 54.3 Å². The minimum atomic E-state index is 0. The molecule has 0 spiro atoms. The average molecular weight is 940 g/mol. The molecule has 6 saturated carbocycles. The normalized spacial score (nSPS) is 21.8. The van der Waals surface area contributed by atoms with Crippen molar-refractivity contribution in [2.75, 3.05) is 0 Å². The third-order valence-corrected chi connectivity index (χ3v) is 16.2. The second-order valence-electron chi connectivity index (χ2n) is 20.1. The predicted molar refractivity (Wildman–Crippen MR) is 247 cm³/mol. The Bertz CT molecular complexity index is 1650. The van der Waals surface area contributed by atoms with E-state index in [1.54, 1.807) is 33.4 Å². The molecular formula is C55H75Cl3FeN3. The van der Waals surface area contributed by atoms with Crippen LogP contribution in [0.2, 0.25) is 0 Å². The number of aromatic nitrogens is 1. The number of nitrogens with zero attached hydrogens (tertiary/aromatic N) is 3. The van der Waals surface area contributed by atoms with E-state index in [1.807, 2.05) is 0 Å². The maximum atomic E-state index is 5.55. The Labute approximate surface area is 405 Å². The van der Waals surface area contributed by atoms with Gasteiger partial charge in [-0.15, -0.1) is 0 Å². The van der Waals surface area contributed by atoms with Gasteiger partial charge in [0.1, 0.15) is 0 Å². The average Bonchev–Trinajstić information content (AvgIpc) is 3.31. The van der Waals surface area contributed by atoms with Gasteiger partial charge in [0.25, 0.3) is 0 Å². The molecule has 6 aliphatic rings. The minimum Gasteiger partial charge on any atom is -1.00 e. The van der Waals surface area contributed by atoms with E-state index in [4.69, 9.17) is 15.0 Å². The molecule has 0 atom stereocenters. The largest absolute Gasteiger partial charge is 3.00 e. The van der Waals surface area contributed by atoms with Crippen LogP contribution >= 0.6 is 0 Å². The first-order valence-corrected chi connectivity index (χ1v) is 25.2. The second kappa shape index (κ2) is 25.9. The van der Waals surface area contributed by atoms with Gasteiger partial charge >= 0.3 is 17.1 Å². The van der Waals surface area contributed by atoms with Crippen molar-refractivity contribution >= 4 is 23.8 Å². The van der Waals surface area contributed by atoms with Crippen molar-refractivity contribution in [3.05, 3.63) is 87.2 Å². The molecule has 0 bridgehead atoms. The van der Waals surface area contributed by atoms with E-state index < -0.39 is 0 Å². The van der Waals surface area contributed by atoms with Crippen molar-refractivity contribution in [3.63, 3.8) is 0 Å². The van der Waals surface area contributed by atoms with Gasteiger partial charge in [-0.2, -0.15) is 0 Å². The molecule has 3 nitrogen and oxygen atoms in total. The maximum Gasteiger partial charge on any atom is 3.00 e. The number of rotatable bonds is 10. The van der Waals surface area contributed by atoms with E-state index in [2.05, 4.69) is 54.9 Å². The summed E-state index contributed by atoms with van der Waals surface area (Å²) in [6.45, 7) is 0. The summed E-state index contributed by atoms with van der Waals surface area (Å²) in [5, 5.41) is 0. The molecule has 0 N–H and O–H groups in total. The van der Waals surface area contributed by atoms with Crippen LogP contribution in [0.3, 0.4) is 0 Å². The molecule has 9 rings (SSSR count). The van der Waals surface area contributed by atoms with Crippen LogP contribution in [0.25, 0.3) is 0 Å². The third kappa shape index (κ3) is 12.8. The number of halogens is 3. The molecule has 1 heterocycles. The number of hydrogen-bond acceptors (Lipinski definition) is 3. The summed E-state index contributed by atoms with van der Waals surface area (Å²) in [5.41, 5.74) is 14.1. The first-order valence-electron chi connectivity index (χ1n) is 25.2. The number of benzene rings is 2. The summed E-state index contributed by atoms with van der Waals surface area (Å²) in [6.07, 6.45) is 45.1. The molecule has 0 saturated heterocycles. The first-order chi connectivity index (χ1) is 28.8. The summed E-state index contributed by atoms with van der Waals surface area (Å²) in [7, 11) is 0. The SMILES string of the molecule is C(=Nc1c(C2CCCCC2)cc(C2CCCCC2)cc1C1CCCCC1)c1cccc(C=Nc2c(C3CCCCC3)cc(C3CCCCC3)cc2C2CCCCC2)n1.[Cl-].[Cl-].[Cl-].[Fe+3]. The van der Waals surface area contributed by atoms with Gasteiger partial charge in [0.15, 0.2) is 0 Å². The van der Waals surface area contributed by atoms with Crippen LogP contribution in [-0.4, -0.2) is 17.4 Å². The Hall–Kier alpha value is -1.68. The first kappa shape index (κ1) is 51.3. The van der Waals surface area contributed by atoms with Crippen LogP contribution in [0.5, 0.6) is 0 Å². The van der Waals surface area contributed by atoms with Crippen LogP contribution in [-0.2, 0) is 17.1 Å². The van der Waals surface area contributed by atoms with Gasteiger partial charge in [0.2, 0.25) is 0 Å². The Kier molecular flexibility index (Phi) is 21.4. The van der Waals surface area contributed by atoms with Crippen LogP contribution < -0.4 is 37.2 Å². The monoisotopic (exact) mass is 938 g/mol. The van der Waals surface area contributed by atoms with Crippen LogP contribution in [0.4, 0.5) is 11.4 Å². The fraction of sp³-hybridized carbons (Fsp3) is 0.655. The van der Waals surface area contributed by atoms with Crippen molar-refractivity contribution in [1.29, 1.82) is 0 Å².